The Morgan fingerprint density at radius 3 is 2.74 bits per heavy atom. The second kappa shape index (κ2) is 8.61. The predicted molar refractivity (Wildman–Crippen MR) is 95.3 cm³/mol. The number of hydrogen-bond donors (Lipinski definition) is 0. The first-order valence-corrected chi connectivity index (χ1v) is 8.38. The van der Waals surface area contributed by atoms with Crippen molar-refractivity contribution in [3.8, 4) is 5.75 Å². The van der Waals surface area contributed by atoms with E-state index in [0.717, 1.165) is 0 Å². The van der Waals surface area contributed by atoms with Crippen LogP contribution < -0.4 is 39.4 Å². The minimum absolute atomic E-state index is 0. The van der Waals surface area contributed by atoms with Crippen LogP contribution in [0.1, 0.15) is 29.8 Å². The van der Waals surface area contributed by atoms with Crippen LogP contribution in [0.5, 0.6) is 5.75 Å². The van der Waals surface area contributed by atoms with Crippen molar-refractivity contribution in [2.45, 2.75) is 26.1 Å². The van der Waals surface area contributed by atoms with Gasteiger partial charge in [0.1, 0.15) is 18.0 Å². The smallest absolute Gasteiger partial charge is 0.545 e. The SMILES string of the molecule is CC(C)(F)COc1ccc(Cl)cc1Cn1ncc2c(C(=O)[O-])cccc21.[Na+]. The van der Waals surface area contributed by atoms with Crippen molar-refractivity contribution in [3.05, 3.63) is 58.7 Å². The van der Waals surface area contributed by atoms with E-state index in [1.807, 2.05) is 0 Å². The minimum Gasteiger partial charge on any atom is -0.545 e. The molecule has 136 valence electrons. The zero-order valence-electron chi connectivity index (χ0n) is 15.3. The van der Waals surface area contributed by atoms with E-state index in [1.54, 1.807) is 35.0 Å². The van der Waals surface area contributed by atoms with Gasteiger partial charge in [-0.1, -0.05) is 23.7 Å². The van der Waals surface area contributed by atoms with E-state index >= 15 is 0 Å². The minimum atomic E-state index is -1.47. The average Bonchev–Trinajstić information content (AvgIpc) is 2.96. The molecule has 0 spiro atoms. The quantitative estimate of drug-likeness (QED) is 0.558. The maximum atomic E-state index is 13.8. The Labute approximate surface area is 183 Å². The molecule has 0 atom stereocenters. The number of halogens is 2. The average molecular weight is 399 g/mol. The number of ether oxygens (including phenoxy) is 1. The molecule has 8 heteroatoms. The molecule has 2 aromatic carbocycles. The summed E-state index contributed by atoms with van der Waals surface area (Å²) in [6.07, 6.45) is 1.48. The number of nitrogens with zero attached hydrogens (tertiary/aromatic N) is 2. The van der Waals surface area contributed by atoms with Crippen LogP contribution in [0.25, 0.3) is 10.9 Å². The largest absolute Gasteiger partial charge is 1.00 e. The Bertz CT molecular complexity index is 969. The third-order valence-corrected chi connectivity index (χ3v) is 4.06. The standard InChI is InChI=1S/C19H18ClFN2O3.Na/c1-19(2,21)11-26-17-7-6-13(20)8-12(17)10-23-16-5-3-4-14(18(24)25)15(16)9-22-23;/h3-9H,10-11H2,1-2H3,(H,24,25);/q;+1/p-1. The summed E-state index contributed by atoms with van der Waals surface area (Å²) in [6.45, 7) is 3.06. The molecule has 0 aliphatic rings. The van der Waals surface area contributed by atoms with Gasteiger partial charge in [-0.3, -0.25) is 4.68 Å². The van der Waals surface area contributed by atoms with E-state index in [0.29, 0.717) is 33.8 Å². The van der Waals surface area contributed by atoms with E-state index in [4.69, 9.17) is 16.3 Å². The molecular weight excluding hydrogens is 382 g/mol. The fourth-order valence-corrected chi connectivity index (χ4v) is 2.83. The van der Waals surface area contributed by atoms with Gasteiger partial charge in [0.15, 0.2) is 0 Å². The summed E-state index contributed by atoms with van der Waals surface area (Å²) < 4.78 is 21.0. The number of alkyl halides is 1. The Kier molecular flexibility index (Phi) is 6.92. The fourth-order valence-electron chi connectivity index (χ4n) is 2.63. The molecule has 0 aliphatic heterocycles. The molecule has 3 rings (SSSR count). The molecule has 0 N–H and O–H groups in total. The predicted octanol–water partition coefficient (Wildman–Crippen LogP) is 0.232. The summed E-state index contributed by atoms with van der Waals surface area (Å²) in [6, 6.07) is 9.94. The van der Waals surface area contributed by atoms with Crippen LogP contribution in [0, 0.1) is 0 Å². The van der Waals surface area contributed by atoms with Gasteiger partial charge < -0.3 is 14.6 Å². The Morgan fingerprint density at radius 2 is 2.07 bits per heavy atom. The third kappa shape index (κ3) is 5.23. The first kappa shape index (κ1) is 21.7. The fraction of sp³-hybridized carbons (Fsp3) is 0.263. The topological polar surface area (TPSA) is 67.2 Å². The van der Waals surface area contributed by atoms with E-state index in [9.17, 15) is 14.3 Å². The summed E-state index contributed by atoms with van der Waals surface area (Å²) in [5, 5.41) is 16.5. The van der Waals surface area contributed by atoms with Crippen LogP contribution in [0.4, 0.5) is 4.39 Å². The maximum absolute atomic E-state index is 13.8. The summed E-state index contributed by atoms with van der Waals surface area (Å²) in [7, 11) is 0. The van der Waals surface area contributed by atoms with Gasteiger partial charge in [-0.15, -0.1) is 0 Å². The van der Waals surface area contributed by atoms with Crippen LogP contribution in [0.15, 0.2) is 42.6 Å². The number of carbonyl (C=O) groups excluding carboxylic acids is 1. The Morgan fingerprint density at radius 1 is 1.33 bits per heavy atom. The van der Waals surface area contributed by atoms with E-state index in [2.05, 4.69) is 5.10 Å². The normalized spacial score (nSPS) is 11.3. The van der Waals surface area contributed by atoms with Crippen molar-refractivity contribution in [1.82, 2.24) is 9.78 Å². The monoisotopic (exact) mass is 398 g/mol. The number of carboxylic acids is 1. The Balaban J connectivity index is 0.00000261. The number of rotatable bonds is 6. The van der Waals surface area contributed by atoms with Gasteiger partial charge >= 0.3 is 29.6 Å². The number of carboxylic acid groups (broad SMARTS) is 1. The molecule has 5 nitrogen and oxygen atoms in total. The molecule has 3 aromatic rings. The van der Waals surface area contributed by atoms with Crippen molar-refractivity contribution in [2.75, 3.05) is 6.61 Å². The van der Waals surface area contributed by atoms with Gasteiger partial charge in [0, 0.05) is 21.5 Å². The van der Waals surface area contributed by atoms with Crippen molar-refractivity contribution in [1.29, 1.82) is 0 Å². The van der Waals surface area contributed by atoms with Gasteiger partial charge in [0.25, 0.3) is 0 Å². The van der Waals surface area contributed by atoms with Crippen LogP contribution in [-0.2, 0) is 6.54 Å². The number of carbonyl (C=O) groups is 1. The van der Waals surface area contributed by atoms with Gasteiger partial charge in [-0.05, 0) is 38.1 Å². The second-order valence-corrected chi connectivity index (χ2v) is 7.02. The maximum Gasteiger partial charge on any atom is 1.00 e. The van der Waals surface area contributed by atoms with Gasteiger partial charge in [0.05, 0.1) is 24.2 Å². The van der Waals surface area contributed by atoms with E-state index in [1.165, 1.54) is 26.1 Å². The Hall–Kier alpha value is -1.60. The molecule has 0 unspecified atom stereocenters. The zero-order chi connectivity index (χ0) is 18.9. The summed E-state index contributed by atoms with van der Waals surface area (Å²) in [5.74, 6) is -0.757. The van der Waals surface area contributed by atoms with Gasteiger partial charge in [-0.25, -0.2) is 4.39 Å². The molecular formula is C19H17ClFN2NaO3. The molecule has 0 aliphatic carbocycles. The number of benzene rings is 2. The van der Waals surface area contributed by atoms with Crippen LogP contribution in [0.3, 0.4) is 0 Å². The van der Waals surface area contributed by atoms with Crippen molar-refractivity contribution >= 4 is 28.5 Å². The summed E-state index contributed by atoms with van der Waals surface area (Å²) >= 11 is 6.09. The third-order valence-electron chi connectivity index (χ3n) is 3.82. The van der Waals surface area contributed by atoms with Crippen LogP contribution >= 0.6 is 11.6 Å². The zero-order valence-corrected chi connectivity index (χ0v) is 18.1. The van der Waals surface area contributed by atoms with Crippen molar-refractivity contribution in [3.63, 3.8) is 0 Å². The van der Waals surface area contributed by atoms with E-state index < -0.39 is 11.6 Å². The second-order valence-electron chi connectivity index (χ2n) is 6.59. The summed E-state index contributed by atoms with van der Waals surface area (Å²) in [4.78, 5) is 11.2. The first-order chi connectivity index (χ1) is 12.2. The number of aromatic nitrogens is 2. The molecule has 27 heavy (non-hydrogen) atoms. The molecule has 0 fully saturated rings. The van der Waals surface area contributed by atoms with Gasteiger partial charge in [-0.2, -0.15) is 5.10 Å². The van der Waals surface area contributed by atoms with Gasteiger partial charge in [0.2, 0.25) is 0 Å². The first-order valence-electron chi connectivity index (χ1n) is 8.00. The van der Waals surface area contributed by atoms with Crippen LogP contribution in [-0.4, -0.2) is 28.0 Å². The summed E-state index contributed by atoms with van der Waals surface area (Å²) in [5.41, 5.74) is -0.0388. The number of aromatic carboxylic acids is 1. The van der Waals surface area contributed by atoms with Crippen molar-refractivity contribution in [2.24, 2.45) is 0 Å². The molecule has 0 saturated carbocycles. The molecule has 0 saturated heterocycles. The van der Waals surface area contributed by atoms with Crippen LogP contribution in [0.2, 0.25) is 5.02 Å². The van der Waals surface area contributed by atoms with E-state index in [-0.39, 0.29) is 41.7 Å². The molecule has 0 radical (unpaired) electrons. The molecule has 1 heterocycles. The number of fused-ring (bicyclic) bond motifs is 1. The number of hydrogen-bond acceptors (Lipinski definition) is 4. The van der Waals surface area contributed by atoms with Crippen molar-refractivity contribution < 1.29 is 48.6 Å². The molecule has 0 bridgehead atoms. The molecule has 1 aromatic heterocycles. The molecule has 0 amide bonds.